The van der Waals surface area contributed by atoms with Crippen molar-refractivity contribution in [3.05, 3.63) is 41.7 Å². The van der Waals surface area contributed by atoms with Crippen LogP contribution in [0.2, 0.25) is 0 Å². The van der Waals surface area contributed by atoms with Crippen molar-refractivity contribution in [2.75, 3.05) is 26.4 Å². The first-order valence-corrected chi connectivity index (χ1v) is 13.9. The van der Waals surface area contributed by atoms with E-state index >= 15 is 0 Å². The maximum absolute atomic E-state index is 13.6. The van der Waals surface area contributed by atoms with E-state index < -0.39 is 20.6 Å². The minimum absolute atomic E-state index is 0.0912. The first-order chi connectivity index (χ1) is 15.3. The number of nitrogens with zero attached hydrogens (tertiary/aromatic N) is 3. The van der Waals surface area contributed by atoms with E-state index in [-0.39, 0.29) is 39.6 Å². The molecular weight excluding hydrogens is 456 g/mol. The highest BCUT2D eigenvalue weighted by atomic mass is 31.2. The molecule has 0 bridgehead atoms. The quantitative estimate of drug-likeness (QED) is 0.318. The largest absolute Gasteiger partial charge is 0.487 e. The summed E-state index contributed by atoms with van der Waals surface area (Å²) in [7, 11) is -7.74. The fourth-order valence-electron chi connectivity index (χ4n) is 2.96. The standard InChI is InChI=1S/C20H33N3O7P2/c1-6-27-31(24,28-7-2)20(32(25,29-8-3)30-9-4)15-23-14-18(21-22-23)16-26-19-12-10-17(5)11-13-19/h10-14,20H,6-9,15-16H2,1-5H3. The van der Waals surface area contributed by atoms with Gasteiger partial charge in [-0.15, -0.1) is 5.10 Å². The molecular formula is C20H33N3O7P2. The lowest BCUT2D eigenvalue weighted by Crippen LogP contribution is -2.23. The SMILES string of the molecule is CCOP(=O)(OCC)C(Cn1cc(COc2ccc(C)cc2)nn1)P(=O)(OCC)OCC. The predicted molar refractivity (Wildman–Crippen MR) is 121 cm³/mol. The van der Waals surface area contributed by atoms with Gasteiger partial charge in [-0.05, 0) is 46.8 Å². The van der Waals surface area contributed by atoms with E-state index in [0.29, 0.717) is 11.4 Å². The Labute approximate surface area is 189 Å². The van der Waals surface area contributed by atoms with Crippen LogP contribution in [0, 0.1) is 6.92 Å². The van der Waals surface area contributed by atoms with E-state index in [9.17, 15) is 9.13 Å². The minimum atomic E-state index is -3.87. The molecule has 0 atom stereocenters. The molecule has 0 saturated carbocycles. The molecule has 0 radical (unpaired) electrons. The summed E-state index contributed by atoms with van der Waals surface area (Å²) in [4.78, 5) is 0. The highest BCUT2D eigenvalue weighted by Gasteiger charge is 2.51. The fourth-order valence-corrected chi connectivity index (χ4v) is 8.16. The monoisotopic (exact) mass is 489 g/mol. The molecule has 0 aliphatic heterocycles. The Morgan fingerprint density at radius 2 is 1.38 bits per heavy atom. The smallest absolute Gasteiger partial charge is 0.347 e. The average molecular weight is 489 g/mol. The van der Waals surface area contributed by atoms with Crippen LogP contribution < -0.4 is 4.74 Å². The van der Waals surface area contributed by atoms with Crippen molar-refractivity contribution < 1.29 is 32.0 Å². The van der Waals surface area contributed by atoms with E-state index in [1.54, 1.807) is 33.9 Å². The van der Waals surface area contributed by atoms with Gasteiger partial charge in [0.15, 0.2) is 5.40 Å². The second-order valence-corrected chi connectivity index (χ2v) is 11.6. The first kappa shape index (κ1) is 26.7. The molecule has 1 heterocycles. The van der Waals surface area contributed by atoms with Crippen LogP contribution in [-0.2, 0) is 40.4 Å². The van der Waals surface area contributed by atoms with E-state index in [4.69, 9.17) is 22.8 Å². The molecule has 180 valence electrons. The van der Waals surface area contributed by atoms with E-state index in [2.05, 4.69) is 10.3 Å². The van der Waals surface area contributed by atoms with Gasteiger partial charge in [-0.2, -0.15) is 0 Å². The topological polar surface area (TPSA) is 111 Å². The molecule has 0 aliphatic rings. The highest BCUT2D eigenvalue weighted by molar-refractivity contribution is 7.72. The molecule has 0 fully saturated rings. The lowest BCUT2D eigenvalue weighted by atomic mass is 10.2. The lowest BCUT2D eigenvalue weighted by molar-refractivity contribution is 0.191. The normalized spacial score (nSPS) is 12.4. The van der Waals surface area contributed by atoms with Crippen molar-refractivity contribution in [2.45, 2.75) is 53.2 Å². The second kappa shape index (κ2) is 12.6. The molecule has 1 aromatic carbocycles. The maximum Gasteiger partial charge on any atom is 0.347 e. The molecule has 32 heavy (non-hydrogen) atoms. The molecule has 2 rings (SSSR count). The summed E-state index contributed by atoms with van der Waals surface area (Å²) in [6.07, 6.45) is 1.63. The van der Waals surface area contributed by atoms with Crippen LogP contribution in [0.25, 0.3) is 0 Å². The third-order valence-electron chi connectivity index (χ3n) is 4.31. The Bertz CT molecular complexity index is 870. The van der Waals surface area contributed by atoms with Crippen LogP contribution in [0.15, 0.2) is 30.5 Å². The van der Waals surface area contributed by atoms with Gasteiger partial charge in [0, 0.05) is 0 Å². The van der Waals surface area contributed by atoms with E-state index in [0.717, 1.165) is 5.56 Å². The Morgan fingerprint density at radius 3 is 1.84 bits per heavy atom. The fraction of sp³-hybridized carbons (Fsp3) is 0.600. The number of hydrogen-bond acceptors (Lipinski definition) is 9. The Kier molecular flexibility index (Phi) is 10.5. The summed E-state index contributed by atoms with van der Waals surface area (Å²) in [5.41, 5.74) is 1.69. The van der Waals surface area contributed by atoms with Crippen molar-refractivity contribution in [1.29, 1.82) is 0 Å². The van der Waals surface area contributed by atoms with Gasteiger partial charge in [-0.25, -0.2) is 0 Å². The molecule has 0 spiro atoms. The van der Waals surface area contributed by atoms with Crippen LogP contribution in [0.1, 0.15) is 39.0 Å². The summed E-state index contributed by atoms with van der Waals surface area (Å²) < 4.78 is 56.3. The molecule has 0 amide bonds. The Morgan fingerprint density at radius 1 is 0.875 bits per heavy atom. The van der Waals surface area contributed by atoms with Gasteiger partial charge in [-0.3, -0.25) is 13.8 Å². The lowest BCUT2D eigenvalue weighted by Gasteiger charge is -2.31. The molecule has 0 N–H and O–H groups in total. The minimum Gasteiger partial charge on any atom is -0.487 e. The zero-order valence-corrected chi connectivity index (χ0v) is 21.1. The number of hydrogen-bond donors (Lipinski definition) is 0. The van der Waals surface area contributed by atoms with Crippen LogP contribution in [-0.4, -0.2) is 46.8 Å². The van der Waals surface area contributed by atoms with Gasteiger partial charge < -0.3 is 22.8 Å². The second-order valence-electron chi connectivity index (χ2n) is 6.77. The van der Waals surface area contributed by atoms with Crippen LogP contribution >= 0.6 is 15.2 Å². The van der Waals surface area contributed by atoms with E-state index in [1.807, 2.05) is 31.2 Å². The summed E-state index contributed by atoms with van der Waals surface area (Å²) in [6, 6.07) is 7.65. The Balaban J connectivity index is 2.26. The van der Waals surface area contributed by atoms with Gasteiger partial charge in [0.2, 0.25) is 0 Å². The summed E-state index contributed by atoms with van der Waals surface area (Å²) in [6.45, 7) is 9.28. The first-order valence-electron chi connectivity index (χ1n) is 10.7. The van der Waals surface area contributed by atoms with Crippen molar-refractivity contribution in [3.8, 4) is 5.75 Å². The maximum atomic E-state index is 13.6. The van der Waals surface area contributed by atoms with Gasteiger partial charge >= 0.3 is 15.2 Å². The van der Waals surface area contributed by atoms with Crippen molar-refractivity contribution in [3.63, 3.8) is 0 Å². The molecule has 0 unspecified atom stereocenters. The summed E-state index contributed by atoms with van der Waals surface area (Å²) in [5.74, 6) is 0.706. The zero-order chi connectivity index (χ0) is 23.6. The third kappa shape index (κ3) is 7.24. The number of aryl methyl sites for hydroxylation is 1. The van der Waals surface area contributed by atoms with Crippen LogP contribution in [0.3, 0.4) is 0 Å². The van der Waals surface area contributed by atoms with Crippen LogP contribution in [0.4, 0.5) is 0 Å². The predicted octanol–water partition coefficient (Wildman–Crippen LogP) is 5.02. The molecule has 10 nitrogen and oxygen atoms in total. The summed E-state index contributed by atoms with van der Waals surface area (Å²) in [5, 5.41) is 6.96. The van der Waals surface area contributed by atoms with Gasteiger partial charge in [0.05, 0.1) is 39.2 Å². The van der Waals surface area contributed by atoms with Gasteiger partial charge in [-0.1, -0.05) is 22.9 Å². The summed E-state index contributed by atoms with van der Waals surface area (Å²) >= 11 is 0. The molecule has 1 aromatic heterocycles. The Hall–Kier alpha value is -1.54. The van der Waals surface area contributed by atoms with Gasteiger partial charge in [0.1, 0.15) is 18.1 Å². The number of benzene rings is 1. The molecule has 0 aliphatic carbocycles. The number of aromatic nitrogens is 3. The van der Waals surface area contributed by atoms with Crippen molar-refractivity contribution in [1.82, 2.24) is 15.0 Å². The van der Waals surface area contributed by atoms with Crippen molar-refractivity contribution >= 4 is 15.2 Å². The van der Waals surface area contributed by atoms with E-state index in [1.165, 1.54) is 4.68 Å². The molecule has 0 saturated heterocycles. The third-order valence-corrected chi connectivity index (χ3v) is 10.3. The molecule has 2 aromatic rings. The van der Waals surface area contributed by atoms with Crippen LogP contribution in [0.5, 0.6) is 5.75 Å². The molecule has 12 heteroatoms. The average Bonchev–Trinajstić information content (AvgIpc) is 3.20. The zero-order valence-electron chi connectivity index (χ0n) is 19.3. The number of rotatable bonds is 15. The van der Waals surface area contributed by atoms with Crippen molar-refractivity contribution in [2.24, 2.45) is 0 Å². The van der Waals surface area contributed by atoms with Gasteiger partial charge in [0.25, 0.3) is 0 Å². The highest BCUT2D eigenvalue weighted by Crippen LogP contribution is 2.70. The number of ether oxygens (including phenoxy) is 1.